The maximum Gasteiger partial charge on any atom is 0.165 e. The second-order valence-corrected chi connectivity index (χ2v) is 19.3. The quantitative estimate of drug-likeness (QED) is 0.134. The number of rotatable bonds is 6. The Morgan fingerprint density at radius 2 is 0.743 bits per heavy atom. The van der Waals surface area contributed by atoms with Crippen LogP contribution in [0.25, 0.3) is 0 Å². The average molecular weight is 986 g/mol. The van der Waals surface area contributed by atoms with Crippen molar-refractivity contribution in [3.63, 3.8) is 0 Å². The summed E-state index contributed by atoms with van der Waals surface area (Å²) in [6.45, 7) is 4.00. The van der Waals surface area contributed by atoms with Gasteiger partial charge in [-0.3, -0.25) is 0 Å². The molecule has 7 aromatic rings. The molecule has 7 aromatic carbocycles. The summed E-state index contributed by atoms with van der Waals surface area (Å²) in [6, 6.07) is 52.2. The molecule has 8 heteroatoms. The fourth-order valence-corrected chi connectivity index (χ4v) is 11.5. The number of hydrogen-bond donors (Lipinski definition) is 4. The van der Waals surface area contributed by atoms with Crippen LogP contribution in [0.5, 0.6) is 23.0 Å². The summed E-state index contributed by atoms with van der Waals surface area (Å²) in [6.07, 6.45) is 17.0. The van der Waals surface area contributed by atoms with Gasteiger partial charge in [0, 0.05) is 21.3 Å². The highest BCUT2D eigenvalue weighted by atomic mass is 35.5. The van der Waals surface area contributed by atoms with Crippen molar-refractivity contribution in [2.45, 2.75) is 126 Å². The first-order chi connectivity index (χ1) is 34.0. The highest BCUT2D eigenvalue weighted by Crippen LogP contribution is 2.50. The molecule has 3 aliphatic rings. The van der Waals surface area contributed by atoms with E-state index in [9.17, 15) is 24.1 Å². The predicted octanol–water partition coefficient (Wildman–Crippen LogP) is 17.9. The molecule has 70 heavy (non-hydrogen) atoms. The Morgan fingerprint density at radius 3 is 1.21 bits per heavy atom. The molecule has 0 unspecified atom stereocenters. The van der Waals surface area contributed by atoms with E-state index in [1.54, 1.807) is 42.5 Å². The molecule has 0 radical (unpaired) electrons. The number of phenolic OH excluding ortho intramolecular Hbond substituents is 4. The Hall–Kier alpha value is -5.82. The summed E-state index contributed by atoms with van der Waals surface area (Å²) in [7, 11) is 0. The SMILES string of the molecule is CC.Oc1ccc(C2(c3cccc(F)c3Cl)CCCCC2)cc1.Oc1ccc(C2(c3ccccc3)CCCCC2)cc1.Oc1ccc(C2(c3ccccc3Cl)CCCCC2)cc1F.Oc1ccccc1. The van der Waals surface area contributed by atoms with Crippen LogP contribution >= 0.6 is 23.2 Å². The van der Waals surface area contributed by atoms with Gasteiger partial charge < -0.3 is 20.4 Å². The summed E-state index contributed by atoms with van der Waals surface area (Å²) < 4.78 is 27.7. The second-order valence-electron chi connectivity index (χ2n) is 18.5. The van der Waals surface area contributed by atoms with E-state index in [2.05, 4.69) is 42.5 Å². The normalized spacial score (nSPS) is 16.4. The van der Waals surface area contributed by atoms with Crippen LogP contribution in [0.4, 0.5) is 8.78 Å². The maximum absolute atomic E-state index is 13.9. The standard InChI is InChI=1S/2C18H18ClFO.C18H20O.C6H6O.C2H6/c19-15-7-3-2-6-14(15)18(10-4-1-5-11-18)13-8-9-17(21)16(20)12-13;19-17-15(5-4-6-16(17)20)18(11-2-1-3-12-18)13-7-9-14(21)10-8-13;19-17-11-9-16(10-12-17)18(13-5-2-6-14-18)15-7-3-1-4-8-15;7-6-4-2-1-3-5-6;1-2/h2-3,6-9,12,21H,1,4-5,10-11H2;4-10,21H,1-3,11-12H2;1,3-4,7-12,19H,2,5-6,13-14H2;1-5,7H;1-2H3. The van der Waals surface area contributed by atoms with Crippen molar-refractivity contribution in [2.24, 2.45) is 0 Å². The summed E-state index contributed by atoms with van der Waals surface area (Å²) >= 11 is 12.7. The van der Waals surface area contributed by atoms with E-state index in [0.717, 1.165) is 78.6 Å². The molecule has 4 nitrogen and oxygen atoms in total. The third-order valence-electron chi connectivity index (χ3n) is 14.4. The molecule has 3 fully saturated rings. The monoisotopic (exact) mass is 984 g/mol. The van der Waals surface area contributed by atoms with Gasteiger partial charge in [-0.2, -0.15) is 0 Å². The molecule has 3 saturated carbocycles. The molecule has 0 aromatic heterocycles. The summed E-state index contributed by atoms with van der Waals surface area (Å²) in [5.41, 5.74) is 6.37. The smallest absolute Gasteiger partial charge is 0.165 e. The molecule has 4 N–H and O–H groups in total. The number of phenols is 4. The van der Waals surface area contributed by atoms with Crippen LogP contribution in [0.15, 0.2) is 170 Å². The van der Waals surface area contributed by atoms with Crippen molar-refractivity contribution < 1.29 is 29.2 Å². The molecule has 3 aliphatic carbocycles. The largest absolute Gasteiger partial charge is 0.508 e. The van der Waals surface area contributed by atoms with Crippen LogP contribution in [-0.4, -0.2) is 20.4 Å². The van der Waals surface area contributed by atoms with E-state index in [4.69, 9.17) is 28.3 Å². The van der Waals surface area contributed by atoms with Crippen LogP contribution in [0.1, 0.15) is 144 Å². The lowest BCUT2D eigenvalue weighted by molar-refractivity contribution is 0.343. The van der Waals surface area contributed by atoms with Crippen LogP contribution in [0.3, 0.4) is 0 Å². The van der Waals surface area contributed by atoms with Gasteiger partial charge in [0.1, 0.15) is 23.1 Å². The first kappa shape index (κ1) is 53.5. The van der Waals surface area contributed by atoms with E-state index in [1.807, 2.05) is 80.6 Å². The number of halogens is 4. The lowest BCUT2D eigenvalue weighted by Crippen LogP contribution is -2.31. The van der Waals surface area contributed by atoms with Crippen molar-refractivity contribution in [2.75, 3.05) is 0 Å². The molecule has 0 amide bonds. The molecule has 0 heterocycles. The highest BCUT2D eigenvalue weighted by molar-refractivity contribution is 6.32. The molecule has 10 rings (SSSR count). The first-order valence-corrected chi connectivity index (χ1v) is 25.8. The maximum atomic E-state index is 13.9. The summed E-state index contributed by atoms with van der Waals surface area (Å²) in [4.78, 5) is 0. The van der Waals surface area contributed by atoms with Gasteiger partial charge in [0.2, 0.25) is 0 Å². The highest BCUT2D eigenvalue weighted by Gasteiger charge is 2.39. The lowest BCUT2D eigenvalue weighted by atomic mass is 9.65. The molecule has 0 saturated heterocycles. The van der Waals surface area contributed by atoms with Crippen molar-refractivity contribution in [3.8, 4) is 23.0 Å². The minimum Gasteiger partial charge on any atom is -0.508 e. The van der Waals surface area contributed by atoms with Crippen molar-refractivity contribution in [3.05, 3.63) is 225 Å². The Balaban J connectivity index is 0.000000158. The fourth-order valence-electron chi connectivity index (χ4n) is 10.9. The van der Waals surface area contributed by atoms with Gasteiger partial charge in [0.05, 0.1) is 5.02 Å². The Labute approximate surface area is 424 Å². The summed E-state index contributed by atoms with van der Waals surface area (Å²) in [5, 5.41) is 38.1. The second kappa shape index (κ2) is 25.9. The number of hydrogen-bond acceptors (Lipinski definition) is 4. The van der Waals surface area contributed by atoms with Crippen LogP contribution in [0, 0.1) is 11.6 Å². The van der Waals surface area contributed by atoms with Gasteiger partial charge in [-0.1, -0.05) is 204 Å². The van der Waals surface area contributed by atoms with E-state index in [0.29, 0.717) is 11.5 Å². The van der Waals surface area contributed by atoms with Gasteiger partial charge in [-0.25, -0.2) is 8.78 Å². The zero-order chi connectivity index (χ0) is 50.0. The molecule has 368 valence electrons. The first-order valence-electron chi connectivity index (χ1n) is 25.0. The van der Waals surface area contributed by atoms with Crippen LogP contribution in [0.2, 0.25) is 10.0 Å². The van der Waals surface area contributed by atoms with E-state index < -0.39 is 5.82 Å². The minimum atomic E-state index is -0.565. The van der Waals surface area contributed by atoms with Gasteiger partial charge in [-0.05, 0) is 133 Å². The fraction of sp³-hybridized carbons (Fsp3) is 0.323. The van der Waals surface area contributed by atoms with Crippen molar-refractivity contribution in [1.29, 1.82) is 0 Å². The van der Waals surface area contributed by atoms with Crippen molar-refractivity contribution >= 4 is 23.2 Å². The third-order valence-corrected chi connectivity index (χ3v) is 15.1. The Morgan fingerprint density at radius 1 is 0.357 bits per heavy atom. The molecular formula is C62H68Cl2F2O4. The van der Waals surface area contributed by atoms with E-state index in [-0.39, 0.29) is 38.6 Å². The molecule has 0 atom stereocenters. The number of para-hydroxylation sites is 1. The topological polar surface area (TPSA) is 80.9 Å². The van der Waals surface area contributed by atoms with Gasteiger partial charge in [0.15, 0.2) is 11.6 Å². The Bertz CT molecular complexity index is 2630. The van der Waals surface area contributed by atoms with Gasteiger partial charge in [-0.15, -0.1) is 0 Å². The van der Waals surface area contributed by atoms with E-state index in [1.165, 1.54) is 74.3 Å². The van der Waals surface area contributed by atoms with Gasteiger partial charge in [0.25, 0.3) is 0 Å². The zero-order valence-electron chi connectivity index (χ0n) is 40.6. The zero-order valence-corrected chi connectivity index (χ0v) is 42.1. The van der Waals surface area contributed by atoms with Crippen molar-refractivity contribution in [1.82, 2.24) is 0 Å². The van der Waals surface area contributed by atoms with Crippen LogP contribution < -0.4 is 0 Å². The molecule has 0 bridgehead atoms. The lowest BCUT2D eigenvalue weighted by Gasteiger charge is -2.39. The third kappa shape index (κ3) is 12.9. The summed E-state index contributed by atoms with van der Waals surface area (Å²) in [5.74, 6) is -0.313. The Kier molecular flexibility index (Phi) is 19.8. The van der Waals surface area contributed by atoms with Gasteiger partial charge >= 0.3 is 0 Å². The molecule has 0 aliphatic heterocycles. The number of aromatic hydroxyl groups is 4. The molecular weight excluding hydrogens is 918 g/mol. The average Bonchev–Trinajstić information content (AvgIpc) is 3.41. The predicted molar refractivity (Wildman–Crippen MR) is 285 cm³/mol. The van der Waals surface area contributed by atoms with E-state index >= 15 is 0 Å². The minimum absolute atomic E-state index is 0.146. The number of benzene rings is 7. The van der Waals surface area contributed by atoms with Crippen LogP contribution in [-0.2, 0) is 16.2 Å². The molecule has 0 spiro atoms.